The van der Waals surface area contributed by atoms with E-state index in [9.17, 15) is 0 Å². The van der Waals surface area contributed by atoms with E-state index in [0.717, 1.165) is 31.2 Å². The van der Waals surface area contributed by atoms with Gasteiger partial charge in [0.05, 0.1) is 6.61 Å². The lowest BCUT2D eigenvalue weighted by Crippen LogP contribution is -2.35. The van der Waals surface area contributed by atoms with Gasteiger partial charge in [-0.15, -0.1) is 0 Å². The molecule has 1 aromatic heterocycles. The number of ether oxygens (including phenoxy) is 1. The first-order chi connectivity index (χ1) is 8.78. The maximum absolute atomic E-state index is 5.71. The standard InChI is InChI=1S/C15H28N2O2/c1-12-13(10-16-15(2,3)4)9-14(19-12)11-18-8-7-17(5)6/h9,16H,7-8,10-11H2,1-6H3. The highest BCUT2D eigenvalue weighted by Crippen LogP contribution is 2.16. The zero-order chi connectivity index (χ0) is 14.5. The van der Waals surface area contributed by atoms with Crippen molar-refractivity contribution in [2.75, 3.05) is 27.2 Å². The summed E-state index contributed by atoms with van der Waals surface area (Å²) in [6, 6.07) is 2.09. The Morgan fingerprint density at radius 1 is 1.32 bits per heavy atom. The molecule has 0 amide bonds. The topological polar surface area (TPSA) is 37.6 Å². The Bertz CT molecular complexity index is 378. The molecule has 1 aromatic rings. The molecule has 0 aliphatic heterocycles. The third-order valence-corrected chi connectivity index (χ3v) is 2.81. The van der Waals surface area contributed by atoms with E-state index in [1.807, 2.05) is 21.0 Å². The van der Waals surface area contributed by atoms with Crippen LogP contribution in [0.5, 0.6) is 0 Å². The van der Waals surface area contributed by atoms with Crippen molar-refractivity contribution in [3.8, 4) is 0 Å². The molecule has 19 heavy (non-hydrogen) atoms. The van der Waals surface area contributed by atoms with Crippen LogP contribution in [-0.2, 0) is 17.9 Å². The van der Waals surface area contributed by atoms with Crippen LogP contribution in [0.1, 0.15) is 37.9 Å². The van der Waals surface area contributed by atoms with Gasteiger partial charge in [-0.3, -0.25) is 0 Å². The first-order valence-corrected chi connectivity index (χ1v) is 6.83. The molecule has 0 radical (unpaired) electrons. The van der Waals surface area contributed by atoms with Crippen LogP contribution in [0.15, 0.2) is 10.5 Å². The molecule has 0 aliphatic rings. The van der Waals surface area contributed by atoms with Crippen molar-refractivity contribution >= 4 is 0 Å². The van der Waals surface area contributed by atoms with Crippen molar-refractivity contribution in [3.63, 3.8) is 0 Å². The lowest BCUT2D eigenvalue weighted by molar-refractivity contribution is 0.0921. The van der Waals surface area contributed by atoms with E-state index in [-0.39, 0.29) is 5.54 Å². The van der Waals surface area contributed by atoms with E-state index in [0.29, 0.717) is 6.61 Å². The first-order valence-electron chi connectivity index (χ1n) is 6.83. The number of hydrogen-bond acceptors (Lipinski definition) is 4. The van der Waals surface area contributed by atoms with Gasteiger partial charge < -0.3 is 19.4 Å². The molecule has 0 spiro atoms. The van der Waals surface area contributed by atoms with E-state index in [1.54, 1.807) is 0 Å². The van der Waals surface area contributed by atoms with E-state index in [4.69, 9.17) is 9.15 Å². The summed E-state index contributed by atoms with van der Waals surface area (Å²) in [6.45, 7) is 11.5. The predicted molar refractivity (Wildman–Crippen MR) is 78.2 cm³/mol. The summed E-state index contributed by atoms with van der Waals surface area (Å²) in [5, 5.41) is 3.47. The van der Waals surface area contributed by atoms with E-state index in [1.165, 1.54) is 5.56 Å². The Labute approximate surface area is 117 Å². The number of hydrogen-bond donors (Lipinski definition) is 1. The van der Waals surface area contributed by atoms with Crippen LogP contribution >= 0.6 is 0 Å². The van der Waals surface area contributed by atoms with Gasteiger partial charge in [0.15, 0.2) is 0 Å². The molecule has 0 aromatic carbocycles. The van der Waals surface area contributed by atoms with E-state index < -0.39 is 0 Å². The van der Waals surface area contributed by atoms with Gasteiger partial charge in [0.2, 0.25) is 0 Å². The van der Waals surface area contributed by atoms with Crippen molar-refractivity contribution in [1.29, 1.82) is 0 Å². The van der Waals surface area contributed by atoms with Crippen LogP contribution in [0.3, 0.4) is 0 Å². The van der Waals surface area contributed by atoms with Crippen LogP contribution in [0.2, 0.25) is 0 Å². The van der Waals surface area contributed by atoms with Crippen molar-refractivity contribution in [1.82, 2.24) is 10.2 Å². The summed E-state index contributed by atoms with van der Waals surface area (Å²) in [5.41, 5.74) is 1.33. The predicted octanol–water partition coefficient (Wildman–Crippen LogP) is 2.55. The van der Waals surface area contributed by atoms with Gasteiger partial charge in [-0.1, -0.05) is 0 Å². The molecule has 0 unspecified atom stereocenters. The van der Waals surface area contributed by atoms with Crippen molar-refractivity contribution in [3.05, 3.63) is 23.2 Å². The number of nitrogens with one attached hydrogen (secondary N) is 1. The zero-order valence-corrected chi connectivity index (χ0v) is 13.2. The van der Waals surface area contributed by atoms with Gasteiger partial charge in [-0.05, 0) is 47.9 Å². The summed E-state index contributed by atoms with van der Waals surface area (Å²) >= 11 is 0. The van der Waals surface area contributed by atoms with Crippen LogP contribution in [0.25, 0.3) is 0 Å². The van der Waals surface area contributed by atoms with E-state index in [2.05, 4.69) is 37.1 Å². The lowest BCUT2D eigenvalue weighted by atomic mass is 10.1. The SMILES string of the molecule is Cc1oc(COCCN(C)C)cc1CNC(C)(C)C. The minimum Gasteiger partial charge on any atom is -0.464 e. The molecule has 1 heterocycles. The van der Waals surface area contributed by atoms with Crippen LogP contribution in [0, 0.1) is 6.92 Å². The molecule has 0 saturated carbocycles. The summed E-state index contributed by atoms with van der Waals surface area (Å²) in [4.78, 5) is 2.10. The maximum atomic E-state index is 5.71. The van der Waals surface area contributed by atoms with Gasteiger partial charge in [-0.25, -0.2) is 0 Å². The Balaban J connectivity index is 2.41. The van der Waals surface area contributed by atoms with Crippen LogP contribution in [-0.4, -0.2) is 37.7 Å². The molecule has 4 nitrogen and oxygen atoms in total. The molecule has 0 bridgehead atoms. The largest absolute Gasteiger partial charge is 0.464 e. The maximum Gasteiger partial charge on any atom is 0.130 e. The zero-order valence-electron chi connectivity index (χ0n) is 13.2. The summed E-state index contributed by atoms with van der Waals surface area (Å²) in [6.07, 6.45) is 0. The van der Waals surface area contributed by atoms with Gasteiger partial charge >= 0.3 is 0 Å². The smallest absolute Gasteiger partial charge is 0.130 e. The summed E-state index contributed by atoms with van der Waals surface area (Å²) in [5.74, 6) is 1.88. The fourth-order valence-corrected chi connectivity index (χ4v) is 1.61. The van der Waals surface area contributed by atoms with E-state index >= 15 is 0 Å². The quantitative estimate of drug-likeness (QED) is 0.771. The summed E-state index contributed by atoms with van der Waals surface area (Å²) in [7, 11) is 4.08. The molecular formula is C15H28N2O2. The third kappa shape index (κ3) is 6.76. The molecule has 0 atom stereocenters. The number of likely N-dealkylation sites (N-methyl/N-ethyl adjacent to an activating group) is 1. The molecule has 110 valence electrons. The van der Waals surface area contributed by atoms with Gasteiger partial charge in [0, 0.05) is 24.2 Å². The molecular weight excluding hydrogens is 240 g/mol. The summed E-state index contributed by atoms with van der Waals surface area (Å²) < 4.78 is 11.3. The molecule has 1 N–H and O–H groups in total. The van der Waals surface area contributed by atoms with Gasteiger partial charge in [0.25, 0.3) is 0 Å². The number of nitrogens with zero attached hydrogens (tertiary/aromatic N) is 1. The molecule has 0 fully saturated rings. The third-order valence-electron chi connectivity index (χ3n) is 2.81. The number of rotatable bonds is 7. The minimum atomic E-state index is 0.117. The second-order valence-electron chi connectivity index (χ2n) is 6.25. The average Bonchev–Trinajstić information content (AvgIpc) is 2.61. The average molecular weight is 268 g/mol. The molecule has 1 rings (SSSR count). The molecule has 0 saturated heterocycles. The van der Waals surface area contributed by atoms with Crippen LogP contribution < -0.4 is 5.32 Å². The molecule has 4 heteroatoms. The lowest BCUT2D eigenvalue weighted by Gasteiger charge is -2.20. The Morgan fingerprint density at radius 3 is 2.58 bits per heavy atom. The highest BCUT2D eigenvalue weighted by atomic mass is 16.5. The van der Waals surface area contributed by atoms with Crippen molar-refractivity contribution in [2.45, 2.75) is 46.4 Å². The Morgan fingerprint density at radius 2 is 2.00 bits per heavy atom. The Hall–Kier alpha value is -0.840. The number of aryl methyl sites for hydroxylation is 1. The monoisotopic (exact) mass is 268 g/mol. The van der Waals surface area contributed by atoms with Crippen molar-refractivity contribution in [2.24, 2.45) is 0 Å². The fourth-order valence-electron chi connectivity index (χ4n) is 1.61. The van der Waals surface area contributed by atoms with Crippen LogP contribution in [0.4, 0.5) is 0 Å². The minimum absolute atomic E-state index is 0.117. The Kier molecular flexibility index (Phi) is 6.04. The highest BCUT2D eigenvalue weighted by molar-refractivity contribution is 5.20. The second-order valence-corrected chi connectivity index (χ2v) is 6.25. The van der Waals surface area contributed by atoms with Crippen molar-refractivity contribution < 1.29 is 9.15 Å². The van der Waals surface area contributed by atoms with Gasteiger partial charge in [0.1, 0.15) is 18.1 Å². The second kappa shape index (κ2) is 7.08. The normalized spacial score (nSPS) is 12.4. The molecule has 0 aliphatic carbocycles. The van der Waals surface area contributed by atoms with Gasteiger partial charge in [-0.2, -0.15) is 0 Å². The highest BCUT2D eigenvalue weighted by Gasteiger charge is 2.12. The first kappa shape index (κ1) is 16.2. The number of furan rings is 1. The fraction of sp³-hybridized carbons (Fsp3) is 0.733.